The van der Waals surface area contributed by atoms with Crippen molar-refractivity contribution in [2.24, 2.45) is 0 Å². The first kappa shape index (κ1) is 26.1. The van der Waals surface area contributed by atoms with Crippen LogP contribution in [-0.4, -0.2) is 12.5 Å². The van der Waals surface area contributed by atoms with Crippen molar-refractivity contribution in [3.63, 3.8) is 0 Å². The van der Waals surface area contributed by atoms with Gasteiger partial charge in [0.25, 0.3) is 11.7 Å². The number of fused-ring (bicyclic) bond motifs is 1. The second kappa shape index (κ2) is 10.6. The number of aryl methyl sites for hydroxylation is 2. The number of hydrogen-bond acceptors (Lipinski definition) is 5. The fraction of sp³-hybridized carbons (Fsp3) is 0.185. The molecule has 0 saturated carbocycles. The number of amides is 1. The summed E-state index contributed by atoms with van der Waals surface area (Å²) in [5.74, 6) is -2.93. The van der Waals surface area contributed by atoms with Crippen LogP contribution in [0.25, 0.3) is 11.0 Å². The second-order valence-corrected chi connectivity index (χ2v) is 8.58. The third-order valence-electron chi connectivity index (χ3n) is 5.46. The average molecular weight is 532 g/mol. The Morgan fingerprint density at radius 2 is 1.73 bits per heavy atom. The van der Waals surface area contributed by atoms with Gasteiger partial charge in [0.05, 0.1) is 5.39 Å². The third kappa shape index (κ3) is 6.06. The Labute approximate surface area is 214 Å². The topological polar surface area (TPSA) is 77.8 Å². The van der Waals surface area contributed by atoms with Crippen molar-refractivity contribution < 1.29 is 31.9 Å². The van der Waals surface area contributed by atoms with Crippen molar-refractivity contribution in [3.05, 3.63) is 92.8 Å². The minimum atomic E-state index is -5.00. The summed E-state index contributed by atoms with van der Waals surface area (Å²) in [4.78, 5) is 25.2. The Kier molecular flexibility index (Phi) is 7.45. The van der Waals surface area contributed by atoms with Crippen LogP contribution in [0.15, 0.2) is 69.9 Å². The minimum absolute atomic E-state index is 0.0376. The molecule has 0 aliphatic carbocycles. The van der Waals surface area contributed by atoms with E-state index in [9.17, 15) is 22.8 Å². The quantitative estimate of drug-likeness (QED) is 0.274. The smallest absolute Gasteiger partial charge is 0.453 e. The van der Waals surface area contributed by atoms with Gasteiger partial charge in [-0.1, -0.05) is 30.7 Å². The molecule has 0 radical (unpaired) electrons. The van der Waals surface area contributed by atoms with Gasteiger partial charge in [0, 0.05) is 16.8 Å². The predicted molar refractivity (Wildman–Crippen MR) is 134 cm³/mol. The van der Waals surface area contributed by atoms with Crippen LogP contribution in [0.5, 0.6) is 17.2 Å². The molecule has 1 aromatic heterocycles. The number of alkyl halides is 3. The summed E-state index contributed by atoms with van der Waals surface area (Å²) < 4.78 is 57.2. The molecule has 0 spiro atoms. The van der Waals surface area contributed by atoms with Gasteiger partial charge in [-0.25, -0.2) is 0 Å². The standard InChI is InChI=1S/C27H21ClF3NO5/c1-3-16-4-7-18(8-5-16)36-25-24(34)20-10-9-19(13-22(20)37-26(25)27(29,30)31)35-14-23(33)32-21-11-6-17(28)12-15(21)2/h4-13H,3,14H2,1-2H3,(H,32,33). The average Bonchev–Trinajstić information content (AvgIpc) is 2.85. The largest absolute Gasteiger partial charge is 0.484 e. The van der Waals surface area contributed by atoms with E-state index in [0.717, 1.165) is 23.6 Å². The van der Waals surface area contributed by atoms with Crippen LogP contribution in [-0.2, 0) is 17.4 Å². The third-order valence-corrected chi connectivity index (χ3v) is 5.70. The molecule has 0 fully saturated rings. The number of benzene rings is 3. The van der Waals surface area contributed by atoms with E-state index in [-0.39, 0.29) is 22.5 Å². The van der Waals surface area contributed by atoms with E-state index in [1.807, 2.05) is 6.92 Å². The van der Waals surface area contributed by atoms with Gasteiger partial charge in [-0.05, 0) is 66.9 Å². The highest BCUT2D eigenvalue weighted by Crippen LogP contribution is 2.38. The Morgan fingerprint density at radius 3 is 2.38 bits per heavy atom. The van der Waals surface area contributed by atoms with E-state index in [4.69, 9.17) is 25.5 Å². The zero-order chi connectivity index (χ0) is 26.7. The molecule has 6 nitrogen and oxygen atoms in total. The van der Waals surface area contributed by atoms with Crippen molar-refractivity contribution in [3.8, 4) is 17.2 Å². The number of carbonyl (C=O) groups excluding carboxylic acids is 1. The van der Waals surface area contributed by atoms with Crippen LogP contribution in [0, 0.1) is 6.92 Å². The molecule has 0 bridgehead atoms. The van der Waals surface area contributed by atoms with E-state index in [0.29, 0.717) is 10.7 Å². The first-order chi connectivity index (χ1) is 17.5. The fourth-order valence-corrected chi connectivity index (χ4v) is 3.77. The Balaban J connectivity index is 1.59. The molecule has 1 heterocycles. The molecule has 0 aliphatic heterocycles. The SMILES string of the molecule is CCc1ccc(Oc2c(C(F)(F)F)oc3cc(OCC(=O)Nc4ccc(Cl)cc4C)ccc3c2=O)cc1. The van der Waals surface area contributed by atoms with Crippen LogP contribution >= 0.6 is 11.6 Å². The van der Waals surface area contributed by atoms with Crippen molar-refractivity contribution >= 4 is 34.2 Å². The lowest BCUT2D eigenvalue weighted by Crippen LogP contribution is -2.20. The van der Waals surface area contributed by atoms with Crippen LogP contribution in [0.3, 0.4) is 0 Å². The maximum atomic E-state index is 13.8. The Morgan fingerprint density at radius 1 is 1.03 bits per heavy atom. The minimum Gasteiger partial charge on any atom is -0.484 e. The summed E-state index contributed by atoms with van der Waals surface area (Å²) in [5.41, 5.74) is 0.882. The Bertz CT molecular complexity index is 1510. The number of carbonyl (C=O) groups is 1. The normalized spacial score (nSPS) is 11.4. The number of ether oxygens (including phenoxy) is 2. The summed E-state index contributed by atoms with van der Waals surface area (Å²) in [7, 11) is 0. The van der Waals surface area contributed by atoms with Gasteiger partial charge in [-0.3, -0.25) is 9.59 Å². The summed E-state index contributed by atoms with van der Waals surface area (Å²) in [6.45, 7) is 3.27. The summed E-state index contributed by atoms with van der Waals surface area (Å²) >= 11 is 5.91. The molecular formula is C27H21ClF3NO5. The highest BCUT2D eigenvalue weighted by molar-refractivity contribution is 6.30. The maximum absolute atomic E-state index is 13.8. The molecule has 37 heavy (non-hydrogen) atoms. The number of nitrogens with one attached hydrogen (secondary N) is 1. The van der Waals surface area contributed by atoms with E-state index >= 15 is 0 Å². The van der Waals surface area contributed by atoms with Gasteiger partial charge in [0.15, 0.2) is 6.61 Å². The molecule has 4 rings (SSSR count). The van der Waals surface area contributed by atoms with Crippen LogP contribution in [0.2, 0.25) is 5.02 Å². The van der Waals surface area contributed by atoms with Gasteiger partial charge < -0.3 is 19.2 Å². The molecule has 3 aromatic carbocycles. The first-order valence-corrected chi connectivity index (χ1v) is 11.6. The van der Waals surface area contributed by atoms with Crippen LogP contribution in [0.4, 0.5) is 18.9 Å². The van der Waals surface area contributed by atoms with Crippen molar-refractivity contribution in [1.29, 1.82) is 0 Å². The first-order valence-electron chi connectivity index (χ1n) is 11.2. The summed E-state index contributed by atoms with van der Waals surface area (Å²) in [6.07, 6.45) is -4.27. The molecule has 10 heteroatoms. The molecule has 1 amide bonds. The number of hydrogen-bond donors (Lipinski definition) is 1. The number of rotatable bonds is 7. The fourth-order valence-electron chi connectivity index (χ4n) is 3.54. The number of halogens is 4. The van der Waals surface area contributed by atoms with Gasteiger partial charge in [0.1, 0.15) is 17.1 Å². The highest BCUT2D eigenvalue weighted by Gasteiger charge is 2.40. The maximum Gasteiger partial charge on any atom is 0.453 e. The van der Waals surface area contributed by atoms with Gasteiger partial charge in [-0.2, -0.15) is 13.2 Å². The molecule has 0 atom stereocenters. The molecule has 0 unspecified atom stereocenters. The van der Waals surface area contributed by atoms with Gasteiger partial charge >= 0.3 is 6.18 Å². The van der Waals surface area contributed by atoms with Gasteiger partial charge in [0.2, 0.25) is 11.2 Å². The van der Waals surface area contributed by atoms with Crippen LogP contribution in [0.1, 0.15) is 23.8 Å². The lowest BCUT2D eigenvalue weighted by atomic mass is 10.1. The van der Waals surface area contributed by atoms with Crippen molar-refractivity contribution in [2.75, 3.05) is 11.9 Å². The molecule has 0 saturated heterocycles. The van der Waals surface area contributed by atoms with E-state index < -0.39 is 35.6 Å². The zero-order valence-electron chi connectivity index (χ0n) is 19.7. The van der Waals surface area contributed by atoms with Crippen LogP contribution < -0.4 is 20.2 Å². The molecule has 192 valence electrons. The van der Waals surface area contributed by atoms with Crippen molar-refractivity contribution in [1.82, 2.24) is 0 Å². The lowest BCUT2D eigenvalue weighted by molar-refractivity contribution is -0.154. The van der Waals surface area contributed by atoms with Crippen molar-refractivity contribution in [2.45, 2.75) is 26.4 Å². The highest BCUT2D eigenvalue weighted by atomic mass is 35.5. The predicted octanol–water partition coefficient (Wildman–Crippen LogP) is 7.15. The van der Waals surface area contributed by atoms with E-state index in [1.165, 1.54) is 24.3 Å². The lowest BCUT2D eigenvalue weighted by Gasteiger charge is -2.14. The second-order valence-electron chi connectivity index (χ2n) is 8.14. The van der Waals surface area contributed by atoms with Gasteiger partial charge in [-0.15, -0.1) is 0 Å². The number of anilines is 1. The zero-order valence-corrected chi connectivity index (χ0v) is 20.5. The monoisotopic (exact) mass is 531 g/mol. The molecule has 4 aromatic rings. The van der Waals surface area contributed by atoms with E-state index in [1.54, 1.807) is 37.3 Å². The summed E-state index contributed by atoms with van der Waals surface area (Å²) in [5, 5.41) is 3.04. The molecule has 1 N–H and O–H groups in total. The molecule has 0 aliphatic rings. The Hall–Kier alpha value is -3.98. The van der Waals surface area contributed by atoms with E-state index in [2.05, 4.69) is 5.32 Å². The molecular weight excluding hydrogens is 511 g/mol. The summed E-state index contributed by atoms with van der Waals surface area (Å²) in [6, 6.07) is 15.0.